The van der Waals surface area contributed by atoms with Crippen molar-refractivity contribution in [1.82, 2.24) is 14.7 Å². The standard InChI is InChI=1S/C20H24N4O3/c1-13(2)10-22-19(25)12-27-18-5-4-8-24-11-16(23-20(18)24)14-6-7-17(26-3)15(21)9-14/h4-9,11,13H,10,12,21H2,1-3H3,(H,22,25). The Bertz CT molecular complexity index is 950. The molecule has 0 unspecified atom stereocenters. The van der Waals surface area contributed by atoms with Crippen LogP contribution in [0.25, 0.3) is 16.9 Å². The number of carbonyl (C=O) groups is 1. The summed E-state index contributed by atoms with van der Waals surface area (Å²) in [6.45, 7) is 4.66. The summed E-state index contributed by atoms with van der Waals surface area (Å²) in [5.74, 6) is 1.41. The number of pyridine rings is 1. The van der Waals surface area contributed by atoms with Gasteiger partial charge in [-0.15, -0.1) is 0 Å². The van der Waals surface area contributed by atoms with Gasteiger partial charge in [0, 0.05) is 24.5 Å². The second kappa shape index (κ2) is 7.99. The number of fused-ring (bicyclic) bond motifs is 1. The number of ether oxygens (including phenoxy) is 2. The van der Waals surface area contributed by atoms with E-state index in [-0.39, 0.29) is 12.5 Å². The zero-order valence-electron chi connectivity index (χ0n) is 15.7. The maximum atomic E-state index is 11.9. The third-order valence-electron chi connectivity index (χ3n) is 4.04. The molecule has 7 nitrogen and oxygen atoms in total. The van der Waals surface area contributed by atoms with Crippen LogP contribution < -0.4 is 20.5 Å². The first-order chi connectivity index (χ1) is 13.0. The van der Waals surface area contributed by atoms with E-state index in [1.807, 2.05) is 54.9 Å². The summed E-state index contributed by atoms with van der Waals surface area (Å²) in [6.07, 6.45) is 3.77. The van der Waals surface area contributed by atoms with Gasteiger partial charge < -0.3 is 24.9 Å². The van der Waals surface area contributed by atoms with E-state index in [9.17, 15) is 4.79 Å². The number of hydrogen-bond acceptors (Lipinski definition) is 5. The topological polar surface area (TPSA) is 90.9 Å². The molecule has 3 N–H and O–H groups in total. The molecular weight excluding hydrogens is 344 g/mol. The van der Waals surface area contributed by atoms with Gasteiger partial charge in [0.25, 0.3) is 5.91 Å². The van der Waals surface area contributed by atoms with Gasteiger partial charge in [-0.1, -0.05) is 13.8 Å². The average molecular weight is 368 g/mol. The lowest BCUT2D eigenvalue weighted by Gasteiger charge is -2.09. The molecule has 2 heterocycles. The molecule has 3 rings (SSSR count). The molecule has 0 aliphatic heterocycles. The molecule has 27 heavy (non-hydrogen) atoms. The van der Waals surface area contributed by atoms with Gasteiger partial charge in [-0.05, 0) is 36.2 Å². The van der Waals surface area contributed by atoms with Crippen LogP contribution in [0.4, 0.5) is 5.69 Å². The molecule has 0 spiro atoms. The molecule has 142 valence electrons. The lowest BCUT2D eigenvalue weighted by molar-refractivity contribution is -0.123. The van der Waals surface area contributed by atoms with Crippen molar-refractivity contribution >= 4 is 17.2 Å². The van der Waals surface area contributed by atoms with Gasteiger partial charge in [0.1, 0.15) is 5.75 Å². The van der Waals surface area contributed by atoms with Crippen molar-refractivity contribution in [2.75, 3.05) is 26.0 Å². The highest BCUT2D eigenvalue weighted by Gasteiger charge is 2.12. The Morgan fingerprint density at radius 2 is 2.11 bits per heavy atom. The third kappa shape index (κ3) is 4.31. The maximum Gasteiger partial charge on any atom is 0.257 e. The molecule has 0 saturated carbocycles. The summed E-state index contributed by atoms with van der Waals surface area (Å²) in [5, 5.41) is 2.83. The fourth-order valence-corrected chi connectivity index (χ4v) is 2.64. The van der Waals surface area contributed by atoms with E-state index in [0.29, 0.717) is 35.3 Å². The molecule has 2 aromatic heterocycles. The zero-order chi connectivity index (χ0) is 19.4. The first-order valence-corrected chi connectivity index (χ1v) is 8.79. The van der Waals surface area contributed by atoms with E-state index in [0.717, 1.165) is 11.3 Å². The number of nitrogens with two attached hydrogens (primary N) is 1. The highest BCUT2D eigenvalue weighted by Crippen LogP contribution is 2.29. The van der Waals surface area contributed by atoms with Crippen LogP contribution in [0.3, 0.4) is 0 Å². The van der Waals surface area contributed by atoms with Crippen molar-refractivity contribution in [2.45, 2.75) is 13.8 Å². The first-order valence-electron chi connectivity index (χ1n) is 8.79. The van der Waals surface area contributed by atoms with Crippen LogP contribution in [0.5, 0.6) is 11.5 Å². The van der Waals surface area contributed by atoms with E-state index in [1.54, 1.807) is 13.2 Å². The smallest absolute Gasteiger partial charge is 0.257 e. The number of anilines is 1. The molecule has 1 aromatic carbocycles. The predicted molar refractivity (Wildman–Crippen MR) is 105 cm³/mol. The van der Waals surface area contributed by atoms with Gasteiger partial charge in [-0.25, -0.2) is 4.98 Å². The molecule has 7 heteroatoms. The Balaban J connectivity index is 1.81. The van der Waals surface area contributed by atoms with Crippen molar-refractivity contribution < 1.29 is 14.3 Å². The fourth-order valence-electron chi connectivity index (χ4n) is 2.64. The van der Waals surface area contributed by atoms with Crippen LogP contribution in [0.1, 0.15) is 13.8 Å². The zero-order valence-corrected chi connectivity index (χ0v) is 15.7. The number of nitrogens with zero attached hydrogens (tertiary/aromatic N) is 2. The Morgan fingerprint density at radius 3 is 2.81 bits per heavy atom. The molecule has 0 fully saturated rings. The highest BCUT2D eigenvalue weighted by atomic mass is 16.5. The minimum absolute atomic E-state index is 0.0515. The second-order valence-electron chi connectivity index (χ2n) is 6.67. The summed E-state index contributed by atoms with van der Waals surface area (Å²) in [7, 11) is 1.58. The molecule has 0 radical (unpaired) electrons. The molecular formula is C20H24N4O3. The van der Waals surface area contributed by atoms with Crippen molar-refractivity contribution in [1.29, 1.82) is 0 Å². The Labute approximate surface area is 158 Å². The Hall–Kier alpha value is -3.22. The number of hydrogen-bond donors (Lipinski definition) is 2. The summed E-state index contributed by atoms with van der Waals surface area (Å²) >= 11 is 0. The molecule has 3 aromatic rings. The lowest BCUT2D eigenvalue weighted by atomic mass is 10.1. The molecule has 0 aliphatic rings. The average Bonchev–Trinajstić information content (AvgIpc) is 3.09. The SMILES string of the molecule is COc1ccc(-c2cn3cccc(OCC(=O)NCC(C)C)c3n2)cc1N. The molecule has 1 amide bonds. The van der Waals surface area contributed by atoms with Crippen molar-refractivity contribution in [2.24, 2.45) is 5.92 Å². The van der Waals surface area contributed by atoms with Crippen LogP contribution in [0.15, 0.2) is 42.7 Å². The van der Waals surface area contributed by atoms with Gasteiger partial charge in [0.2, 0.25) is 0 Å². The number of nitrogens with one attached hydrogen (secondary N) is 1. The van der Waals surface area contributed by atoms with E-state index in [4.69, 9.17) is 15.2 Å². The Kier molecular flexibility index (Phi) is 5.49. The number of rotatable bonds is 7. The van der Waals surface area contributed by atoms with Gasteiger partial charge in [-0.3, -0.25) is 4.79 Å². The van der Waals surface area contributed by atoms with Crippen LogP contribution in [0, 0.1) is 5.92 Å². The van der Waals surface area contributed by atoms with E-state index < -0.39 is 0 Å². The number of aromatic nitrogens is 2. The molecule has 0 saturated heterocycles. The second-order valence-corrected chi connectivity index (χ2v) is 6.67. The van der Waals surface area contributed by atoms with Crippen LogP contribution >= 0.6 is 0 Å². The predicted octanol–water partition coefficient (Wildman–Crippen LogP) is 2.74. The highest BCUT2D eigenvalue weighted by molar-refractivity contribution is 5.78. The third-order valence-corrected chi connectivity index (χ3v) is 4.04. The normalized spacial score (nSPS) is 11.0. The number of imidazole rings is 1. The summed E-state index contributed by atoms with van der Waals surface area (Å²) < 4.78 is 12.7. The minimum Gasteiger partial charge on any atom is -0.495 e. The van der Waals surface area contributed by atoms with Crippen LogP contribution in [0.2, 0.25) is 0 Å². The quantitative estimate of drug-likeness (QED) is 0.626. The number of amides is 1. The van der Waals surface area contributed by atoms with Gasteiger partial charge in [0.15, 0.2) is 18.0 Å². The maximum absolute atomic E-state index is 11.9. The van der Waals surface area contributed by atoms with E-state index in [1.165, 1.54) is 0 Å². The number of benzene rings is 1. The molecule has 0 atom stereocenters. The van der Waals surface area contributed by atoms with Gasteiger partial charge in [0.05, 0.1) is 18.5 Å². The van der Waals surface area contributed by atoms with E-state index in [2.05, 4.69) is 10.3 Å². The number of methoxy groups -OCH3 is 1. The van der Waals surface area contributed by atoms with Crippen molar-refractivity contribution in [3.8, 4) is 22.8 Å². The molecule has 0 bridgehead atoms. The summed E-state index contributed by atoms with van der Waals surface area (Å²) in [5.41, 5.74) is 8.81. The number of nitrogen functional groups attached to an aromatic ring is 1. The largest absolute Gasteiger partial charge is 0.495 e. The summed E-state index contributed by atoms with van der Waals surface area (Å²) in [4.78, 5) is 16.5. The van der Waals surface area contributed by atoms with E-state index >= 15 is 0 Å². The summed E-state index contributed by atoms with van der Waals surface area (Å²) in [6, 6.07) is 9.18. The van der Waals surface area contributed by atoms with Gasteiger partial charge in [-0.2, -0.15) is 0 Å². The Morgan fingerprint density at radius 1 is 1.30 bits per heavy atom. The van der Waals surface area contributed by atoms with Crippen LogP contribution in [-0.4, -0.2) is 35.6 Å². The minimum atomic E-state index is -0.152. The monoisotopic (exact) mass is 368 g/mol. The van der Waals surface area contributed by atoms with Crippen LogP contribution in [-0.2, 0) is 4.79 Å². The first kappa shape index (κ1) is 18.6. The van der Waals surface area contributed by atoms with Crippen molar-refractivity contribution in [3.63, 3.8) is 0 Å². The van der Waals surface area contributed by atoms with Crippen molar-refractivity contribution in [3.05, 3.63) is 42.7 Å². The lowest BCUT2D eigenvalue weighted by Crippen LogP contribution is -2.31. The van der Waals surface area contributed by atoms with Gasteiger partial charge >= 0.3 is 0 Å². The fraction of sp³-hybridized carbons (Fsp3) is 0.300. The molecule has 0 aliphatic carbocycles. The number of carbonyl (C=O) groups excluding carboxylic acids is 1.